The number of rotatable bonds is 1. The molecule has 0 saturated carbocycles. The summed E-state index contributed by atoms with van der Waals surface area (Å²) in [6.45, 7) is 9.96. The minimum Gasteiger partial charge on any atom is -0.508 e. The number of allylic oxidation sites excluding steroid dienone is 6. The number of hydrogen-bond donors (Lipinski definition) is 1. The molecule has 0 aromatic heterocycles. The highest BCUT2D eigenvalue weighted by Gasteiger charge is 2.19. The predicted octanol–water partition coefficient (Wildman–Crippen LogP) is 5.13. The number of benzene rings is 1. The molecule has 1 nitrogen and oxygen atoms in total. The summed E-state index contributed by atoms with van der Waals surface area (Å²) in [6, 6.07) is 10.3. The summed E-state index contributed by atoms with van der Waals surface area (Å²) in [4.78, 5) is 0. The van der Waals surface area contributed by atoms with Crippen LogP contribution in [0.4, 0.5) is 0 Å². The Balaban J connectivity index is 0.000000218. The van der Waals surface area contributed by atoms with Crippen molar-refractivity contribution in [2.24, 2.45) is 5.41 Å². The van der Waals surface area contributed by atoms with Crippen molar-refractivity contribution in [3.63, 3.8) is 0 Å². The molecular formula is C18H22O. The minimum absolute atomic E-state index is 0.215. The van der Waals surface area contributed by atoms with Gasteiger partial charge in [-0.1, -0.05) is 66.3 Å². The largest absolute Gasteiger partial charge is 0.508 e. The van der Waals surface area contributed by atoms with Crippen LogP contribution in [0.1, 0.15) is 19.4 Å². The van der Waals surface area contributed by atoms with Crippen LogP contribution < -0.4 is 0 Å². The lowest BCUT2D eigenvalue weighted by molar-refractivity contribution is 0.421. The van der Waals surface area contributed by atoms with E-state index < -0.39 is 0 Å². The van der Waals surface area contributed by atoms with E-state index in [9.17, 15) is 5.11 Å². The van der Waals surface area contributed by atoms with Crippen molar-refractivity contribution in [1.29, 1.82) is 0 Å². The van der Waals surface area contributed by atoms with Crippen LogP contribution in [-0.2, 0) is 0 Å². The Morgan fingerprint density at radius 3 is 2.26 bits per heavy atom. The first-order valence-electron chi connectivity index (χ1n) is 6.39. The molecule has 0 bridgehead atoms. The van der Waals surface area contributed by atoms with Crippen LogP contribution in [-0.4, -0.2) is 5.11 Å². The maximum absolute atomic E-state index is 9.37. The maximum Gasteiger partial charge on any atom is 0.112 e. The Hall–Kier alpha value is -2.02. The van der Waals surface area contributed by atoms with Crippen molar-refractivity contribution >= 4 is 0 Å². The van der Waals surface area contributed by atoms with Crippen LogP contribution in [0.15, 0.2) is 78.6 Å². The standard InChI is InChI=1S/C11H14O.C7H8/c1-9(2)11(3)7-5-4-6-10(12)8-11;1-7-5-3-2-4-6-7/h4-8,12H,1H2,2-3H3;2-6H,1H3. The van der Waals surface area contributed by atoms with Crippen molar-refractivity contribution in [3.05, 3.63) is 84.2 Å². The van der Waals surface area contributed by atoms with E-state index >= 15 is 0 Å². The second kappa shape index (κ2) is 6.79. The number of aliphatic hydroxyl groups excluding tert-OH is 1. The van der Waals surface area contributed by atoms with Gasteiger partial charge in [0.05, 0.1) is 0 Å². The Morgan fingerprint density at radius 2 is 1.79 bits per heavy atom. The molecule has 0 radical (unpaired) electrons. The number of aryl methyl sites for hydroxylation is 1. The van der Waals surface area contributed by atoms with Gasteiger partial charge in [0, 0.05) is 5.41 Å². The molecular weight excluding hydrogens is 232 g/mol. The van der Waals surface area contributed by atoms with Gasteiger partial charge in [0.1, 0.15) is 5.76 Å². The zero-order valence-electron chi connectivity index (χ0n) is 11.9. The van der Waals surface area contributed by atoms with Gasteiger partial charge in [-0.25, -0.2) is 0 Å². The van der Waals surface area contributed by atoms with E-state index in [-0.39, 0.29) is 5.41 Å². The molecule has 1 N–H and O–H groups in total. The van der Waals surface area contributed by atoms with Crippen LogP contribution in [0.3, 0.4) is 0 Å². The van der Waals surface area contributed by atoms with Crippen LogP contribution in [0.25, 0.3) is 0 Å². The molecule has 1 atom stereocenters. The molecule has 0 heterocycles. The Morgan fingerprint density at radius 1 is 1.16 bits per heavy atom. The molecule has 0 amide bonds. The van der Waals surface area contributed by atoms with Crippen molar-refractivity contribution in [3.8, 4) is 0 Å². The smallest absolute Gasteiger partial charge is 0.112 e. The molecule has 19 heavy (non-hydrogen) atoms. The second-order valence-corrected chi connectivity index (χ2v) is 5.01. The molecule has 0 spiro atoms. The molecule has 1 aliphatic carbocycles. The number of aliphatic hydroxyl groups is 1. The topological polar surface area (TPSA) is 20.2 Å². The van der Waals surface area contributed by atoms with Gasteiger partial charge in [0.15, 0.2) is 0 Å². The van der Waals surface area contributed by atoms with Crippen molar-refractivity contribution < 1.29 is 5.11 Å². The van der Waals surface area contributed by atoms with Crippen LogP contribution in [0.5, 0.6) is 0 Å². The quantitative estimate of drug-likeness (QED) is 0.689. The Bertz CT molecular complexity index is 506. The second-order valence-electron chi connectivity index (χ2n) is 5.01. The molecule has 0 saturated heterocycles. The summed E-state index contributed by atoms with van der Waals surface area (Å²) < 4.78 is 0. The van der Waals surface area contributed by atoms with E-state index in [0.717, 1.165) is 5.57 Å². The SMILES string of the molecule is C=C(C)C1(C)C=CC=CC(O)=C1.Cc1ccccc1. The summed E-state index contributed by atoms with van der Waals surface area (Å²) in [5, 5.41) is 9.37. The Kier molecular flexibility index (Phi) is 5.37. The first-order valence-corrected chi connectivity index (χ1v) is 6.39. The van der Waals surface area contributed by atoms with Crippen molar-refractivity contribution in [2.45, 2.75) is 20.8 Å². The fourth-order valence-electron chi connectivity index (χ4n) is 1.61. The molecule has 1 aromatic rings. The lowest BCUT2D eigenvalue weighted by Gasteiger charge is -2.21. The highest BCUT2D eigenvalue weighted by atomic mass is 16.3. The van der Waals surface area contributed by atoms with Gasteiger partial charge in [0.2, 0.25) is 0 Å². The summed E-state index contributed by atoms with van der Waals surface area (Å²) >= 11 is 0. The highest BCUT2D eigenvalue weighted by molar-refractivity contribution is 5.33. The lowest BCUT2D eigenvalue weighted by Crippen LogP contribution is -2.10. The molecule has 1 unspecified atom stereocenters. The average Bonchev–Trinajstić information content (AvgIpc) is 2.53. The molecule has 2 rings (SSSR count). The van der Waals surface area contributed by atoms with E-state index in [1.165, 1.54) is 5.56 Å². The molecule has 1 aromatic carbocycles. The lowest BCUT2D eigenvalue weighted by atomic mass is 9.83. The maximum atomic E-state index is 9.37. The molecule has 0 aliphatic heterocycles. The van der Waals surface area contributed by atoms with E-state index in [1.807, 2.05) is 50.3 Å². The van der Waals surface area contributed by atoms with Gasteiger partial charge in [-0.3, -0.25) is 0 Å². The minimum atomic E-state index is -0.215. The molecule has 1 heteroatoms. The van der Waals surface area contributed by atoms with Gasteiger partial charge >= 0.3 is 0 Å². The fourth-order valence-corrected chi connectivity index (χ4v) is 1.61. The summed E-state index contributed by atoms with van der Waals surface area (Å²) in [6.07, 6.45) is 9.24. The van der Waals surface area contributed by atoms with E-state index in [4.69, 9.17) is 0 Å². The molecule has 0 fully saturated rings. The summed E-state index contributed by atoms with van der Waals surface area (Å²) in [7, 11) is 0. The van der Waals surface area contributed by atoms with Crippen molar-refractivity contribution in [1.82, 2.24) is 0 Å². The van der Waals surface area contributed by atoms with E-state index in [1.54, 1.807) is 12.2 Å². The van der Waals surface area contributed by atoms with Crippen molar-refractivity contribution in [2.75, 3.05) is 0 Å². The predicted molar refractivity (Wildman–Crippen MR) is 83.1 cm³/mol. The van der Waals surface area contributed by atoms with Gasteiger partial charge in [-0.2, -0.15) is 0 Å². The van der Waals surface area contributed by atoms with Gasteiger partial charge in [-0.05, 0) is 32.9 Å². The number of hydrogen-bond acceptors (Lipinski definition) is 1. The van der Waals surface area contributed by atoms with Gasteiger partial charge in [-0.15, -0.1) is 0 Å². The first-order chi connectivity index (χ1) is 8.94. The summed E-state index contributed by atoms with van der Waals surface area (Å²) in [5.74, 6) is 0.297. The van der Waals surface area contributed by atoms with E-state index in [0.29, 0.717) is 5.76 Å². The fraction of sp³-hybridized carbons (Fsp3) is 0.222. The zero-order chi connectivity index (χ0) is 14.3. The summed E-state index contributed by atoms with van der Waals surface area (Å²) in [5.41, 5.74) is 2.13. The Labute approximate surface area is 116 Å². The van der Waals surface area contributed by atoms with Crippen LogP contribution in [0, 0.1) is 12.3 Å². The third-order valence-electron chi connectivity index (χ3n) is 3.13. The van der Waals surface area contributed by atoms with Crippen LogP contribution in [0.2, 0.25) is 0 Å². The zero-order valence-corrected chi connectivity index (χ0v) is 11.9. The first kappa shape index (κ1) is 15.0. The monoisotopic (exact) mass is 254 g/mol. The third-order valence-corrected chi connectivity index (χ3v) is 3.13. The van der Waals surface area contributed by atoms with E-state index in [2.05, 4.69) is 25.6 Å². The normalized spacial score (nSPS) is 20.9. The molecule has 1 aliphatic rings. The third kappa shape index (κ3) is 5.01. The average molecular weight is 254 g/mol. The van der Waals surface area contributed by atoms with Gasteiger partial charge in [0.25, 0.3) is 0 Å². The van der Waals surface area contributed by atoms with Crippen LogP contribution >= 0.6 is 0 Å². The molecule has 100 valence electrons. The van der Waals surface area contributed by atoms with Gasteiger partial charge < -0.3 is 5.11 Å². The highest BCUT2D eigenvalue weighted by Crippen LogP contribution is 2.31.